The average molecular weight is 522 g/mol. The summed E-state index contributed by atoms with van der Waals surface area (Å²) in [6, 6.07) is 12.4. The van der Waals surface area contributed by atoms with Gasteiger partial charge in [0.05, 0.1) is 4.91 Å². The molecule has 0 N–H and O–H groups in total. The van der Waals surface area contributed by atoms with E-state index in [1.54, 1.807) is 23.4 Å². The Labute approximate surface area is 222 Å². The van der Waals surface area contributed by atoms with Crippen LogP contribution >= 0.6 is 24.0 Å². The van der Waals surface area contributed by atoms with E-state index >= 15 is 0 Å². The number of benzene rings is 1. The van der Waals surface area contributed by atoms with Crippen molar-refractivity contribution >= 4 is 51.8 Å². The summed E-state index contributed by atoms with van der Waals surface area (Å²) in [4.78, 5) is 33.0. The Morgan fingerprint density at radius 1 is 1.08 bits per heavy atom. The summed E-state index contributed by atoms with van der Waals surface area (Å²) in [5, 5.41) is 9.72. The van der Waals surface area contributed by atoms with Crippen LogP contribution in [-0.4, -0.2) is 52.4 Å². The Morgan fingerprint density at radius 3 is 2.39 bits per heavy atom. The quantitative estimate of drug-likeness (QED) is 0.306. The Kier molecular flexibility index (Phi) is 8.17. The number of nitriles is 1. The van der Waals surface area contributed by atoms with Crippen molar-refractivity contribution in [3.05, 3.63) is 62.3 Å². The number of hydrogen-bond donors (Lipinski definition) is 0. The van der Waals surface area contributed by atoms with Crippen LogP contribution in [0.2, 0.25) is 0 Å². The monoisotopic (exact) mass is 521 g/mol. The third-order valence-electron chi connectivity index (χ3n) is 6.80. The van der Waals surface area contributed by atoms with E-state index < -0.39 is 0 Å². The molecule has 36 heavy (non-hydrogen) atoms. The standard InChI is InChI=1S/C27H31N5O2S2/c1-4-5-9-12-32-26(34)23(36-27(32)35)17-21-19(2)22(18-28)25(33)29(3)24(21)31-15-13-30(14-16-31)20-10-7-6-8-11-20/h6-8,10-11,17H,4-5,9,12-16H2,1-3H3. The van der Waals surface area contributed by atoms with Crippen LogP contribution in [0, 0.1) is 18.3 Å². The zero-order valence-electron chi connectivity index (χ0n) is 21.0. The lowest BCUT2D eigenvalue weighted by Gasteiger charge is -2.38. The average Bonchev–Trinajstić information content (AvgIpc) is 3.16. The third kappa shape index (κ3) is 5.06. The summed E-state index contributed by atoms with van der Waals surface area (Å²) < 4.78 is 2.11. The molecule has 0 spiro atoms. The van der Waals surface area contributed by atoms with Crippen molar-refractivity contribution in [1.82, 2.24) is 9.47 Å². The molecule has 7 nitrogen and oxygen atoms in total. The van der Waals surface area contributed by atoms with Gasteiger partial charge in [-0.1, -0.05) is 61.9 Å². The number of thiocarbonyl (C=S) groups is 1. The van der Waals surface area contributed by atoms with Crippen molar-refractivity contribution in [3.63, 3.8) is 0 Å². The minimum atomic E-state index is -0.320. The van der Waals surface area contributed by atoms with Gasteiger partial charge in [-0.15, -0.1) is 0 Å². The minimum Gasteiger partial charge on any atom is -0.368 e. The first-order chi connectivity index (χ1) is 17.4. The molecule has 0 saturated carbocycles. The van der Waals surface area contributed by atoms with Crippen LogP contribution in [0.25, 0.3) is 6.08 Å². The zero-order chi connectivity index (χ0) is 25.8. The lowest BCUT2D eigenvalue weighted by Crippen LogP contribution is -2.48. The minimum absolute atomic E-state index is 0.104. The Bertz CT molecular complexity index is 1290. The molecule has 2 aliphatic heterocycles. The first kappa shape index (κ1) is 26.0. The van der Waals surface area contributed by atoms with Crippen molar-refractivity contribution < 1.29 is 4.79 Å². The van der Waals surface area contributed by atoms with Gasteiger partial charge in [0.15, 0.2) is 0 Å². The Hall–Kier alpha value is -3.09. The van der Waals surface area contributed by atoms with Gasteiger partial charge in [-0.3, -0.25) is 19.1 Å². The van der Waals surface area contributed by atoms with Gasteiger partial charge < -0.3 is 9.80 Å². The van der Waals surface area contributed by atoms with Crippen molar-refractivity contribution in [2.24, 2.45) is 7.05 Å². The van der Waals surface area contributed by atoms with Crippen molar-refractivity contribution in [2.45, 2.75) is 33.1 Å². The van der Waals surface area contributed by atoms with Crippen molar-refractivity contribution in [1.29, 1.82) is 5.26 Å². The predicted octanol–water partition coefficient (Wildman–Crippen LogP) is 4.28. The second kappa shape index (κ2) is 11.3. The smallest absolute Gasteiger partial charge is 0.270 e. The Morgan fingerprint density at radius 2 is 1.75 bits per heavy atom. The number of carbonyl (C=O) groups excluding carboxylic acids is 1. The maximum atomic E-state index is 13.2. The van der Waals surface area contributed by atoms with Crippen LogP contribution in [-0.2, 0) is 11.8 Å². The van der Waals surface area contributed by atoms with E-state index in [0.717, 1.165) is 43.7 Å². The molecule has 0 bridgehead atoms. The topological polar surface area (TPSA) is 72.6 Å². The summed E-state index contributed by atoms with van der Waals surface area (Å²) in [7, 11) is 1.70. The lowest BCUT2D eigenvalue weighted by atomic mass is 10.0. The Balaban J connectivity index is 1.69. The molecular formula is C27H31N5O2S2. The summed E-state index contributed by atoms with van der Waals surface area (Å²) in [6.45, 7) is 7.56. The van der Waals surface area contributed by atoms with Gasteiger partial charge in [0.2, 0.25) is 0 Å². The fourth-order valence-corrected chi connectivity index (χ4v) is 6.04. The van der Waals surface area contributed by atoms with Gasteiger partial charge in [-0.2, -0.15) is 5.26 Å². The lowest BCUT2D eigenvalue weighted by molar-refractivity contribution is -0.122. The van der Waals surface area contributed by atoms with Crippen LogP contribution in [0.15, 0.2) is 40.0 Å². The van der Waals surface area contributed by atoms with Crippen LogP contribution < -0.4 is 15.4 Å². The molecule has 0 aliphatic carbocycles. The highest BCUT2D eigenvalue weighted by molar-refractivity contribution is 8.26. The number of pyridine rings is 1. The van der Waals surface area contributed by atoms with E-state index in [-0.39, 0.29) is 17.0 Å². The molecule has 2 fully saturated rings. The number of para-hydroxylation sites is 1. The molecule has 0 atom stereocenters. The zero-order valence-corrected chi connectivity index (χ0v) is 22.6. The van der Waals surface area contributed by atoms with E-state index in [2.05, 4.69) is 34.9 Å². The normalized spacial score (nSPS) is 17.3. The largest absolute Gasteiger partial charge is 0.368 e. The van der Waals surface area contributed by atoms with Gasteiger partial charge >= 0.3 is 0 Å². The van der Waals surface area contributed by atoms with Gasteiger partial charge in [-0.05, 0) is 37.1 Å². The van der Waals surface area contributed by atoms with E-state index in [4.69, 9.17) is 12.2 Å². The van der Waals surface area contributed by atoms with Crippen LogP contribution in [0.1, 0.15) is 42.9 Å². The van der Waals surface area contributed by atoms with Gasteiger partial charge in [-0.25, -0.2) is 0 Å². The SMILES string of the molecule is CCCCCN1C(=O)C(=Cc2c(C)c(C#N)c(=O)n(C)c2N2CCN(c3ccccc3)CC2)SC1=S. The number of unbranched alkanes of at least 4 members (excludes halogenated alkanes) is 2. The van der Waals surface area contributed by atoms with Crippen molar-refractivity contribution in [2.75, 3.05) is 42.5 Å². The number of anilines is 2. The maximum absolute atomic E-state index is 13.2. The van der Waals surface area contributed by atoms with Crippen molar-refractivity contribution in [3.8, 4) is 6.07 Å². The molecule has 0 radical (unpaired) electrons. The summed E-state index contributed by atoms with van der Waals surface area (Å²) in [5.74, 6) is 0.633. The molecule has 1 aromatic carbocycles. The number of rotatable bonds is 7. The van der Waals surface area contributed by atoms with Crippen LogP contribution in [0.3, 0.4) is 0 Å². The van der Waals surface area contributed by atoms with Gasteiger partial charge in [0.1, 0.15) is 21.8 Å². The summed E-state index contributed by atoms with van der Waals surface area (Å²) in [5.41, 5.74) is 2.29. The van der Waals surface area contributed by atoms with E-state index in [9.17, 15) is 14.9 Å². The molecule has 2 aliphatic rings. The highest BCUT2D eigenvalue weighted by Gasteiger charge is 2.33. The van der Waals surface area contributed by atoms with E-state index in [1.807, 2.05) is 24.3 Å². The van der Waals surface area contributed by atoms with E-state index in [1.165, 1.54) is 17.4 Å². The third-order valence-corrected chi connectivity index (χ3v) is 8.18. The second-order valence-electron chi connectivity index (χ2n) is 9.06. The fourth-order valence-electron chi connectivity index (χ4n) is 4.75. The highest BCUT2D eigenvalue weighted by Crippen LogP contribution is 2.36. The summed E-state index contributed by atoms with van der Waals surface area (Å²) >= 11 is 6.80. The molecule has 2 saturated heterocycles. The molecule has 188 valence electrons. The maximum Gasteiger partial charge on any atom is 0.270 e. The summed E-state index contributed by atoms with van der Waals surface area (Å²) in [6.07, 6.45) is 4.85. The molecule has 0 unspecified atom stereocenters. The molecule has 9 heteroatoms. The van der Waals surface area contributed by atoms with Crippen LogP contribution in [0.4, 0.5) is 11.5 Å². The van der Waals surface area contributed by atoms with Gasteiger partial charge in [0.25, 0.3) is 11.5 Å². The fraction of sp³-hybridized carbons (Fsp3) is 0.407. The second-order valence-corrected chi connectivity index (χ2v) is 10.7. The first-order valence-electron chi connectivity index (χ1n) is 12.3. The number of aromatic nitrogens is 1. The molecule has 2 aromatic rings. The number of nitrogens with zero attached hydrogens (tertiary/aromatic N) is 5. The predicted molar refractivity (Wildman–Crippen MR) is 151 cm³/mol. The molecular weight excluding hydrogens is 490 g/mol. The number of amides is 1. The first-order valence-corrected chi connectivity index (χ1v) is 13.5. The number of hydrogen-bond acceptors (Lipinski definition) is 7. The highest BCUT2D eigenvalue weighted by atomic mass is 32.2. The number of thioether (sulfide) groups is 1. The molecule has 1 amide bonds. The number of carbonyl (C=O) groups is 1. The number of piperazine rings is 1. The molecule has 3 heterocycles. The van der Waals surface area contributed by atoms with Crippen LogP contribution in [0.5, 0.6) is 0 Å². The van der Waals surface area contributed by atoms with Gasteiger partial charge in [0, 0.05) is 51.0 Å². The van der Waals surface area contributed by atoms with E-state index in [0.29, 0.717) is 34.4 Å². The molecule has 1 aromatic heterocycles. The molecule has 4 rings (SSSR count).